The summed E-state index contributed by atoms with van der Waals surface area (Å²) in [6.45, 7) is 6.30. The van der Waals surface area contributed by atoms with Crippen LogP contribution in [0.1, 0.15) is 27.9 Å². The summed E-state index contributed by atoms with van der Waals surface area (Å²) in [5, 5.41) is 4.39. The molecule has 0 bridgehead atoms. The molecule has 0 saturated carbocycles. The Balaban J connectivity index is 1.64. The minimum atomic E-state index is 0.139. The molecule has 0 spiro atoms. The van der Waals surface area contributed by atoms with Crippen LogP contribution in [0.2, 0.25) is 4.34 Å². The van der Waals surface area contributed by atoms with E-state index < -0.39 is 0 Å². The van der Waals surface area contributed by atoms with Crippen molar-refractivity contribution in [1.82, 2.24) is 24.6 Å². The van der Waals surface area contributed by atoms with Crippen LogP contribution in [0.25, 0.3) is 0 Å². The van der Waals surface area contributed by atoms with Crippen molar-refractivity contribution in [3.63, 3.8) is 0 Å². The highest BCUT2D eigenvalue weighted by Crippen LogP contribution is 2.38. The first kappa shape index (κ1) is 15.6. The molecule has 1 N–H and O–H groups in total. The van der Waals surface area contributed by atoms with E-state index in [-0.39, 0.29) is 6.04 Å². The zero-order valence-corrected chi connectivity index (χ0v) is 14.7. The van der Waals surface area contributed by atoms with Crippen molar-refractivity contribution < 1.29 is 0 Å². The fourth-order valence-corrected chi connectivity index (χ4v) is 4.44. The van der Waals surface area contributed by atoms with Gasteiger partial charge >= 0.3 is 0 Å². The van der Waals surface area contributed by atoms with E-state index in [0.717, 1.165) is 36.1 Å². The fraction of sp³-hybridized carbons (Fsp3) is 0.294. The molecule has 0 aliphatic carbocycles. The maximum atomic E-state index is 6.18. The smallest absolute Gasteiger partial charge is 0.0931 e. The van der Waals surface area contributed by atoms with Gasteiger partial charge in [0.1, 0.15) is 0 Å². The molecular weight excluding hydrogens is 342 g/mol. The molecule has 4 rings (SSSR count). The first-order chi connectivity index (χ1) is 11.7. The molecule has 4 heterocycles. The second kappa shape index (κ2) is 6.55. The Bertz CT molecular complexity index is 849. The first-order valence-electron chi connectivity index (χ1n) is 7.88. The predicted octanol–water partition coefficient (Wildman–Crippen LogP) is 3.65. The SMILES string of the molecule is C=CCn1cc(CN2CCc3[nH]cnc3[C@@H]2c2ccc(Cl)s2)cn1. The Morgan fingerprint density at radius 3 is 3.17 bits per heavy atom. The third-order valence-corrected chi connectivity index (χ3v) is 5.56. The number of H-pyrrole nitrogens is 1. The Hall–Kier alpha value is -1.89. The van der Waals surface area contributed by atoms with Gasteiger partial charge in [-0.2, -0.15) is 5.10 Å². The van der Waals surface area contributed by atoms with E-state index in [1.807, 2.05) is 23.0 Å². The Labute approximate surface area is 149 Å². The van der Waals surface area contributed by atoms with E-state index in [9.17, 15) is 0 Å². The molecule has 3 aromatic heterocycles. The quantitative estimate of drug-likeness (QED) is 0.707. The molecule has 0 fully saturated rings. The topological polar surface area (TPSA) is 49.7 Å². The largest absolute Gasteiger partial charge is 0.348 e. The highest BCUT2D eigenvalue weighted by atomic mass is 35.5. The number of rotatable bonds is 5. The zero-order valence-electron chi connectivity index (χ0n) is 13.2. The number of fused-ring (bicyclic) bond motifs is 1. The van der Waals surface area contributed by atoms with Gasteiger partial charge in [0.25, 0.3) is 0 Å². The summed E-state index contributed by atoms with van der Waals surface area (Å²) in [6.07, 6.45) is 8.64. The number of allylic oxidation sites excluding steroid dienone is 1. The number of hydrogen-bond donors (Lipinski definition) is 1. The van der Waals surface area contributed by atoms with Gasteiger partial charge in [-0.3, -0.25) is 9.58 Å². The van der Waals surface area contributed by atoms with Gasteiger partial charge in [-0.1, -0.05) is 17.7 Å². The highest BCUT2D eigenvalue weighted by Gasteiger charge is 2.32. The van der Waals surface area contributed by atoms with Crippen LogP contribution >= 0.6 is 22.9 Å². The molecule has 1 atom stereocenters. The molecule has 0 radical (unpaired) electrons. The van der Waals surface area contributed by atoms with Crippen LogP contribution in [0, 0.1) is 0 Å². The average molecular weight is 360 g/mol. The van der Waals surface area contributed by atoms with Gasteiger partial charge in [-0.25, -0.2) is 4.98 Å². The van der Waals surface area contributed by atoms with Crippen LogP contribution in [0.15, 0.2) is 43.5 Å². The van der Waals surface area contributed by atoms with Crippen LogP contribution in [0.3, 0.4) is 0 Å². The lowest BCUT2D eigenvalue weighted by Gasteiger charge is -2.34. The van der Waals surface area contributed by atoms with Crippen molar-refractivity contribution >= 4 is 22.9 Å². The standard InChI is InChI=1S/C17H18ClN5S/c1-2-6-23-10-12(8-21-23)9-22-7-5-13-16(20-11-19-13)17(22)14-3-4-15(18)24-14/h2-4,8,10-11,17H,1,5-7,9H2,(H,19,20)/t17-/m0/s1. The summed E-state index contributed by atoms with van der Waals surface area (Å²) in [5.74, 6) is 0. The van der Waals surface area contributed by atoms with E-state index in [0.29, 0.717) is 0 Å². The van der Waals surface area contributed by atoms with Gasteiger partial charge in [0.05, 0.1) is 35.1 Å². The summed E-state index contributed by atoms with van der Waals surface area (Å²) < 4.78 is 2.72. The predicted molar refractivity (Wildman–Crippen MR) is 96.3 cm³/mol. The number of imidazole rings is 1. The van der Waals surface area contributed by atoms with Crippen LogP contribution in [-0.4, -0.2) is 31.2 Å². The van der Waals surface area contributed by atoms with E-state index >= 15 is 0 Å². The summed E-state index contributed by atoms with van der Waals surface area (Å²) in [7, 11) is 0. The number of nitrogens with zero attached hydrogens (tertiary/aromatic N) is 4. The lowest BCUT2D eigenvalue weighted by Crippen LogP contribution is -2.35. The fourth-order valence-electron chi connectivity index (χ4n) is 3.24. The third kappa shape index (κ3) is 2.92. The number of aromatic amines is 1. The molecule has 1 aliphatic rings. The van der Waals surface area contributed by atoms with Gasteiger partial charge in [0, 0.05) is 41.8 Å². The van der Waals surface area contributed by atoms with Crippen LogP contribution < -0.4 is 0 Å². The Morgan fingerprint density at radius 2 is 2.38 bits per heavy atom. The van der Waals surface area contributed by atoms with Crippen molar-refractivity contribution in [1.29, 1.82) is 0 Å². The number of aromatic nitrogens is 4. The van der Waals surface area contributed by atoms with Crippen molar-refractivity contribution in [2.24, 2.45) is 0 Å². The molecule has 0 amide bonds. The number of thiophene rings is 1. The number of halogens is 1. The summed E-state index contributed by atoms with van der Waals surface area (Å²) in [5.41, 5.74) is 3.53. The number of nitrogens with one attached hydrogen (secondary N) is 1. The minimum absolute atomic E-state index is 0.139. The van der Waals surface area contributed by atoms with E-state index in [1.54, 1.807) is 17.7 Å². The molecule has 1 aliphatic heterocycles. The van der Waals surface area contributed by atoms with Crippen LogP contribution in [0.5, 0.6) is 0 Å². The third-order valence-electron chi connectivity index (χ3n) is 4.28. The van der Waals surface area contributed by atoms with Crippen LogP contribution in [-0.2, 0) is 19.5 Å². The van der Waals surface area contributed by atoms with Gasteiger partial charge < -0.3 is 4.98 Å². The molecular formula is C17H18ClN5S. The van der Waals surface area contributed by atoms with Gasteiger partial charge in [0.15, 0.2) is 0 Å². The Morgan fingerprint density at radius 1 is 1.46 bits per heavy atom. The van der Waals surface area contributed by atoms with E-state index in [4.69, 9.17) is 11.6 Å². The molecule has 0 saturated heterocycles. The maximum Gasteiger partial charge on any atom is 0.0931 e. The van der Waals surface area contributed by atoms with Crippen molar-refractivity contribution in [3.8, 4) is 0 Å². The van der Waals surface area contributed by atoms with Gasteiger partial charge in [0.2, 0.25) is 0 Å². The van der Waals surface area contributed by atoms with Crippen molar-refractivity contribution in [2.75, 3.05) is 6.54 Å². The van der Waals surface area contributed by atoms with Crippen molar-refractivity contribution in [2.45, 2.75) is 25.6 Å². The molecule has 5 nitrogen and oxygen atoms in total. The summed E-state index contributed by atoms with van der Waals surface area (Å²) >= 11 is 7.80. The Kier molecular flexibility index (Phi) is 4.26. The van der Waals surface area contributed by atoms with Gasteiger partial charge in [-0.05, 0) is 12.1 Å². The normalized spacial score (nSPS) is 17.8. The average Bonchev–Trinajstić information content (AvgIpc) is 3.29. The molecule has 3 aromatic rings. The molecule has 24 heavy (non-hydrogen) atoms. The monoisotopic (exact) mass is 359 g/mol. The molecule has 0 unspecified atom stereocenters. The summed E-state index contributed by atoms with van der Waals surface area (Å²) in [6, 6.07) is 4.21. The second-order valence-corrected chi connectivity index (χ2v) is 7.64. The maximum absolute atomic E-state index is 6.18. The van der Waals surface area contributed by atoms with Crippen LogP contribution in [0.4, 0.5) is 0 Å². The highest BCUT2D eigenvalue weighted by molar-refractivity contribution is 7.16. The molecule has 7 heteroatoms. The number of hydrogen-bond acceptors (Lipinski definition) is 4. The molecule has 124 valence electrons. The molecule has 0 aromatic carbocycles. The second-order valence-electron chi connectivity index (χ2n) is 5.89. The van der Waals surface area contributed by atoms with Gasteiger partial charge in [-0.15, -0.1) is 17.9 Å². The lowest BCUT2D eigenvalue weighted by atomic mass is 10.0. The zero-order chi connectivity index (χ0) is 16.5. The van der Waals surface area contributed by atoms with Crippen molar-refractivity contribution in [3.05, 3.63) is 69.7 Å². The first-order valence-corrected chi connectivity index (χ1v) is 9.07. The van der Waals surface area contributed by atoms with E-state index in [2.05, 4.69) is 38.8 Å². The summed E-state index contributed by atoms with van der Waals surface area (Å²) in [4.78, 5) is 11.5. The lowest BCUT2D eigenvalue weighted by molar-refractivity contribution is 0.203. The minimum Gasteiger partial charge on any atom is -0.348 e. The van der Waals surface area contributed by atoms with E-state index in [1.165, 1.54) is 16.1 Å².